The summed E-state index contributed by atoms with van der Waals surface area (Å²) in [6.07, 6.45) is 3.41. The van der Waals surface area contributed by atoms with Gasteiger partial charge in [-0.2, -0.15) is 5.10 Å². The van der Waals surface area contributed by atoms with Gasteiger partial charge in [0.15, 0.2) is 5.82 Å². The second-order valence-corrected chi connectivity index (χ2v) is 4.70. The number of aromatic nitrogens is 3. The van der Waals surface area contributed by atoms with Crippen LogP contribution in [0.25, 0.3) is 5.82 Å². The number of rotatable bonds is 4. The highest BCUT2D eigenvalue weighted by Gasteiger charge is 2.12. The Balaban J connectivity index is 2.49. The van der Waals surface area contributed by atoms with Gasteiger partial charge in [0.1, 0.15) is 5.82 Å². The molecule has 0 saturated heterocycles. The van der Waals surface area contributed by atoms with Gasteiger partial charge in [-0.05, 0) is 29.5 Å². The van der Waals surface area contributed by atoms with E-state index in [0.717, 1.165) is 3.57 Å². The lowest BCUT2D eigenvalue weighted by Gasteiger charge is -2.05. The number of halogens is 1. The fraction of sp³-hybridized carbons (Fsp3) is 0.200. The van der Waals surface area contributed by atoms with E-state index in [4.69, 9.17) is 0 Å². The third-order valence-electron chi connectivity index (χ3n) is 2.15. The van der Waals surface area contributed by atoms with E-state index in [9.17, 15) is 10.1 Å². The molecule has 2 rings (SSSR count). The maximum atomic E-state index is 10.9. The molecule has 0 radical (unpaired) electrons. The molecule has 0 aromatic carbocycles. The van der Waals surface area contributed by atoms with Gasteiger partial charge in [-0.15, -0.1) is 0 Å². The molecule has 1 N–H and O–H groups in total. The fourth-order valence-electron chi connectivity index (χ4n) is 1.42. The van der Waals surface area contributed by atoms with Crippen LogP contribution in [0.15, 0.2) is 24.5 Å². The Morgan fingerprint density at radius 1 is 1.56 bits per heavy atom. The minimum Gasteiger partial charge on any atom is -0.370 e. The van der Waals surface area contributed by atoms with Gasteiger partial charge in [0.25, 0.3) is 5.69 Å². The molecule has 2 heterocycles. The van der Waals surface area contributed by atoms with E-state index in [1.807, 2.05) is 6.92 Å². The molecule has 0 fully saturated rings. The summed E-state index contributed by atoms with van der Waals surface area (Å²) in [5, 5.41) is 17.9. The van der Waals surface area contributed by atoms with Gasteiger partial charge < -0.3 is 5.32 Å². The van der Waals surface area contributed by atoms with Crippen molar-refractivity contribution in [3.05, 3.63) is 38.2 Å². The predicted molar refractivity (Wildman–Crippen MR) is 74.9 cm³/mol. The number of nitrogens with one attached hydrogen (secondary N) is 1. The van der Waals surface area contributed by atoms with Crippen molar-refractivity contribution < 1.29 is 4.92 Å². The van der Waals surface area contributed by atoms with E-state index in [-0.39, 0.29) is 5.69 Å². The molecular formula is C10H10IN5O2. The van der Waals surface area contributed by atoms with E-state index in [2.05, 4.69) is 38.0 Å². The normalized spacial score (nSPS) is 10.3. The number of hydrogen-bond acceptors (Lipinski definition) is 5. The third kappa shape index (κ3) is 2.75. The molecule has 0 unspecified atom stereocenters. The van der Waals surface area contributed by atoms with Gasteiger partial charge in [0, 0.05) is 12.7 Å². The van der Waals surface area contributed by atoms with E-state index in [0.29, 0.717) is 18.2 Å². The monoisotopic (exact) mass is 359 g/mol. The largest absolute Gasteiger partial charge is 0.370 e. The summed E-state index contributed by atoms with van der Waals surface area (Å²) in [6, 6.07) is 2.80. The average Bonchev–Trinajstić information content (AvgIpc) is 2.76. The van der Waals surface area contributed by atoms with Crippen LogP contribution < -0.4 is 5.32 Å². The molecule has 8 heteroatoms. The zero-order chi connectivity index (χ0) is 13.1. The van der Waals surface area contributed by atoms with Crippen LogP contribution in [0, 0.1) is 13.7 Å². The van der Waals surface area contributed by atoms with E-state index in [1.54, 1.807) is 12.4 Å². The maximum Gasteiger partial charge on any atom is 0.276 e. The molecule has 0 aliphatic carbocycles. The Morgan fingerprint density at radius 3 is 2.89 bits per heavy atom. The lowest BCUT2D eigenvalue weighted by molar-refractivity contribution is -0.384. The van der Waals surface area contributed by atoms with Crippen LogP contribution in [-0.4, -0.2) is 26.2 Å². The summed E-state index contributed by atoms with van der Waals surface area (Å²) >= 11 is 2.11. The first-order valence-corrected chi connectivity index (χ1v) is 6.29. The van der Waals surface area contributed by atoms with Crippen molar-refractivity contribution in [3.63, 3.8) is 0 Å². The van der Waals surface area contributed by atoms with Crippen molar-refractivity contribution in [2.75, 3.05) is 11.9 Å². The lowest BCUT2D eigenvalue weighted by atomic mass is 10.3. The van der Waals surface area contributed by atoms with Crippen molar-refractivity contribution in [2.45, 2.75) is 6.92 Å². The molecule has 0 bridgehead atoms. The van der Waals surface area contributed by atoms with Crippen LogP contribution >= 0.6 is 22.6 Å². The Labute approximate surface area is 117 Å². The molecule has 2 aromatic rings. The zero-order valence-corrected chi connectivity index (χ0v) is 11.7. The van der Waals surface area contributed by atoms with Gasteiger partial charge in [0.2, 0.25) is 0 Å². The molecule has 94 valence electrons. The zero-order valence-electron chi connectivity index (χ0n) is 9.50. The summed E-state index contributed by atoms with van der Waals surface area (Å²) in [5.41, 5.74) is -0.0125. The van der Waals surface area contributed by atoms with Gasteiger partial charge in [0.05, 0.1) is 26.8 Å². The van der Waals surface area contributed by atoms with Crippen molar-refractivity contribution in [3.8, 4) is 5.82 Å². The maximum absolute atomic E-state index is 10.9. The third-order valence-corrected chi connectivity index (χ3v) is 2.71. The smallest absolute Gasteiger partial charge is 0.276 e. The summed E-state index contributed by atoms with van der Waals surface area (Å²) in [7, 11) is 0. The first-order chi connectivity index (χ1) is 8.60. The van der Waals surface area contributed by atoms with Gasteiger partial charge >= 0.3 is 0 Å². The number of nitrogens with zero attached hydrogens (tertiary/aromatic N) is 4. The number of anilines is 1. The summed E-state index contributed by atoms with van der Waals surface area (Å²) in [5.74, 6) is 0.885. The number of hydrogen-bond donors (Lipinski definition) is 1. The van der Waals surface area contributed by atoms with Crippen LogP contribution in [0.5, 0.6) is 0 Å². The first-order valence-electron chi connectivity index (χ1n) is 5.21. The molecule has 0 aliphatic heterocycles. The second-order valence-electron chi connectivity index (χ2n) is 3.46. The SMILES string of the molecule is CCNc1cc([N+](=O)[O-])cc(-n2cc(I)cn2)n1. The van der Waals surface area contributed by atoms with Crippen LogP contribution in [0.4, 0.5) is 11.5 Å². The predicted octanol–water partition coefficient (Wildman–Crippen LogP) is 2.21. The highest BCUT2D eigenvalue weighted by atomic mass is 127. The fourth-order valence-corrected chi connectivity index (χ4v) is 1.81. The van der Waals surface area contributed by atoms with Crippen LogP contribution in [0.3, 0.4) is 0 Å². The Hall–Kier alpha value is -1.71. The first kappa shape index (κ1) is 12.7. The molecule has 0 saturated carbocycles. The van der Waals surface area contributed by atoms with Crippen molar-refractivity contribution >= 4 is 34.1 Å². The standard InChI is InChI=1S/C10H10IN5O2/c1-2-12-9-3-8(16(17)18)4-10(14-9)15-6-7(11)5-13-15/h3-6H,2H2,1H3,(H,12,14). The molecule has 0 spiro atoms. The van der Waals surface area contributed by atoms with Crippen LogP contribution in [-0.2, 0) is 0 Å². The molecule has 0 amide bonds. The molecule has 2 aromatic heterocycles. The Kier molecular flexibility index (Phi) is 3.75. The summed E-state index contributed by atoms with van der Waals surface area (Å²) in [4.78, 5) is 14.7. The lowest BCUT2D eigenvalue weighted by Crippen LogP contribution is -2.05. The summed E-state index contributed by atoms with van der Waals surface area (Å²) in [6.45, 7) is 2.54. The topological polar surface area (TPSA) is 85.9 Å². The number of nitro groups is 1. The molecular weight excluding hydrogens is 349 g/mol. The highest BCUT2D eigenvalue weighted by Crippen LogP contribution is 2.20. The van der Waals surface area contributed by atoms with Gasteiger partial charge in [-0.25, -0.2) is 9.67 Å². The Bertz CT molecular complexity index is 583. The minimum absolute atomic E-state index is 0.0125. The Morgan fingerprint density at radius 2 is 2.33 bits per heavy atom. The molecule has 18 heavy (non-hydrogen) atoms. The average molecular weight is 359 g/mol. The van der Waals surface area contributed by atoms with E-state index >= 15 is 0 Å². The molecule has 7 nitrogen and oxygen atoms in total. The quantitative estimate of drug-likeness (QED) is 0.514. The van der Waals surface area contributed by atoms with Crippen LogP contribution in [0.2, 0.25) is 0 Å². The van der Waals surface area contributed by atoms with Gasteiger partial charge in [-0.3, -0.25) is 10.1 Å². The van der Waals surface area contributed by atoms with Gasteiger partial charge in [-0.1, -0.05) is 0 Å². The summed E-state index contributed by atoms with van der Waals surface area (Å²) < 4.78 is 2.45. The van der Waals surface area contributed by atoms with Crippen molar-refractivity contribution in [1.29, 1.82) is 0 Å². The van der Waals surface area contributed by atoms with Crippen LogP contribution in [0.1, 0.15) is 6.92 Å². The number of pyridine rings is 1. The van der Waals surface area contributed by atoms with Crippen molar-refractivity contribution in [2.24, 2.45) is 0 Å². The molecule has 0 aliphatic rings. The molecule has 0 atom stereocenters. The highest BCUT2D eigenvalue weighted by molar-refractivity contribution is 14.1. The minimum atomic E-state index is -0.444. The second kappa shape index (κ2) is 5.29. The van der Waals surface area contributed by atoms with E-state index in [1.165, 1.54) is 16.8 Å². The van der Waals surface area contributed by atoms with E-state index < -0.39 is 4.92 Å². The van der Waals surface area contributed by atoms with Crippen molar-refractivity contribution in [1.82, 2.24) is 14.8 Å².